The van der Waals surface area contributed by atoms with Gasteiger partial charge in [0.2, 0.25) is 11.0 Å². The van der Waals surface area contributed by atoms with Crippen LogP contribution in [0.2, 0.25) is 0 Å². The quantitative estimate of drug-likeness (QED) is 0.697. The van der Waals surface area contributed by atoms with Gasteiger partial charge in [-0.15, -0.1) is 10.2 Å². The van der Waals surface area contributed by atoms with Crippen LogP contribution in [0.15, 0.2) is 10.3 Å². The van der Waals surface area contributed by atoms with Crippen LogP contribution >= 0.6 is 11.8 Å². The van der Waals surface area contributed by atoms with Crippen molar-refractivity contribution in [2.24, 2.45) is 5.10 Å². The fraction of sp³-hybridized carbons (Fsp3) is 0.500. The van der Waals surface area contributed by atoms with Gasteiger partial charge in [-0.1, -0.05) is 11.8 Å². The number of alkyl halides is 2. The first kappa shape index (κ1) is 8.61. The molecule has 1 aliphatic rings. The highest BCUT2D eigenvalue weighted by Crippen LogP contribution is 2.25. The molecule has 0 N–H and O–H groups in total. The molecular weight excluding hydrogens is 198 g/mol. The van der Waals surface area contributed by atoms with Crippen LogP contribution < -0.4 is 0 Å². The zero-order valence-electron chi connectivity index (χ0n) is 6.74. The third-order valence-corrected chi connectivity index (χ3v) is 2.59. The van der Waals surface area contributed by atoms with E-state index in [9.17, 15) is 8.78 Å². The average Bonchev–Trinajstić information content (AvgIpc) is 2.46. The highest BCUT2D eigenvalue weighted by Gasteiger charge is 2.22. The van der Waals surface area contributed by atoms with E-state index in [4.69, 9.17) is 0 Å². The van der Waals surface area contributed by atoms with Crippen molar-refractivity contribution in [2.45, 2.75) is 18.5 Å². The summed E-state index contributed by atoms with van der Waals surface area (Å²) in [7, 11) is 0. The molecule has 2 rings (SSSR count). The molecule has 2 heterocycles. The van der Waals surface area contributed by atoms with E-state index >= 15 is 0 Å². The van der Waals surface area contributed by atoms with Crippen LogP contribution in [0.1, 0.15) is 19.2 Å². The van der Waals surface area contributed by atoms with E-state index < -0.39 is 6.43 Å². The number of hydrogen-bond acceptors (Lipinski definition) is 4. The first-order chi connectivity index (χ1) is 6.18. The van der Waals surface area contributed by atoms with Gasteiger partial charge in [0.15, 0.2) is 0 Å². The van der Waals surface area contributed by atoms with Crippen molar-refractivity contribution in [1.29, 1.82) is 0 Å². The van der Waals surface area contributed by atoms with E-state index in [2.05, 4.69) is 15.3 Å². The second kappa shape index (κ2) is 3.06. The van der Waals surface area contributed by atoms with Crippen molar-refractivity contribution in [3.05, 3.63) is 5.82 Å². The summed E-state index contributed by atoms with van der Waals surface area (Å²) in [5.41, 5.74) is 0.791. The number of rotatable bonds is 1. The molecule has 1 aliphatic heterocycles. The fourth-order valence-corrected chi connectivity index (χ4v) is 1.72. The Labute approximate surface area is 77.0 Å². The number of halogens is 2. The van der Waals surface area contributed by atoms with E-state index in [1.54, 1.807) is 6.92 Å². The monoisotopic (exact) mass is 204 g/mol. The van der Waals surface area contributed by atoms with Crippen LogP contribution in [0.3, 0.4) is 0 Å². The lowest BCUT2D eigenvalue weighted by Crippen LogP contribution is -2.10. The van der Waals surface area contributed by atoms with Crippen LogP contribution in [0.4, 0.5) is 8.78 Å². The predicted molar refractivity (Wildman–Crippen MR) is 44.2 cm³/mol. The summed E-state index contributed by atoms with van der Waals surface area (Å²) < 4.78 is 25.7. The van der Waals surface area contributed by atoms with Crippen LogP contribution in [-0.2, 0) is 0 Å². The zero-order valence-corrected chi connectivity index (χ0v) is 7.55. The largest absolute Gasteiger partial charge is 0.299 e. The van der Waals surface area contributed by atoms with Gasteiger partial charge in [0.05, 0.1) is 0 Å². The molecule has 0 aromatic carbocycles. The van der Waals surface area contributed by atoms with E-state index in [1.165, 1.54) is 11.8 Å². The molecule has 7 heteroatoms. The van der Waals surface area contributed by atoms with E-state index in [0.717, 1.165) is 10.4 Å². The zero-order chi connectivity index (χ0) is 9.42. The van der Waals surface area contributed by atoms with Crippen LogP contribution in [0.25, 0.3) is 0 Å². The molecule has 0 saturated heterocycles. The Morgan fingerprint density at radius 3 is 2.92 bits per heavy atom. The molecule has 0 aliphatic carbocycles. The standard InChI is InChI=1S/C6H6F2N4S/c1-3-2-13-6-10-9-5(4(7)8)12(6)11-3/h4H,2H2,1H3. The van der Waals surface area contributed by atoms with E-state index in [0.29, 0.717) is 10.9 Å². The first-order valence-corrected chi connectivity index (χ1v) is 4.58. The minimum atomic E-state index is -2.63. The Hall–Kier alpha value is -0.980. The molecule has 0 saturated carbocycles. The van der Waals surface area contributed by atoms with Gasteiger partial charge >= 0.3 is 0 Å². The van der Waals surface area contributed by atoms with E-state index in [1.807, 2.05) is 0 Å². The van der Waals surface area contributed by atoms with Gasteiger partial charge in [-0.2, -0.15) is 9.78 Å². The number of aromatic nitrogens is 3. The van der Waals surface area contributed by atoms with Gasteiger partial charge in [-0.05, 0) is 6.92 Å². The Morgan fingerprint density at radius 2 is 2.23 bits per heavy atom. The molecule has 0 radical (unpaired) electrons. The van der Waals surface area contributed by atoms with Crippen molar-refractivity contribution in [3.63, 3.8) is 0 Å². The summed E-state index contributed by atoms with van der Waals surface area (Å²) in [5, 5.41) is 11.3. The molecule has 0 atom stereocenters. The van der Waals surface area contributed by atoms with Crippen molar-refractivity contribution in [2.75, 3.05) is 5.75 Å². The Bertz CT molecular complexity index is 360. The molecule has 0 spiro atoms. The molecule has 13 heavy (non-hydrogen) atoms. The Kier molecular flexibility index (Phi) is 2.03. The van der Waals surface area contributed by atoms with Gasteiger partial charge < -0.3 is 0 Å². The molecule has 0 amide bonds. The van der Waals surface area contributed by atoms with Gasteiger partial charge in [0, 0.05) is 11.5 Å². The third-order valence-electron chi connectivity index (χ3n) is 1.51. The van der Waals surface area contributed by atoms with Crippen LogP contribution in [-0.4, -0.2) is 26.3 Å². The van der Waals surface area contributed by atoms with Gasteiger partial charge in [0.1, 0.15) is 0 Å². The second-order valence-corrected chi connectivity index (χ2v) is 3.52. The SMILES string of the molecule is CC1=Nn2c(nnc2C(F)F)SC1. The molecule has 1 aromatic rings. The summed E-state index contributed by atoms with van der Waals surface area (Å²) in [6.07, 6.45) is -2.63. The van der Waals surface area contributed by atoms with Crippen LogP contribution in [0.5, 0.6) is 0 Å². The normalized spacial score (nSPS) is 15.8. The lowest BCUT2D eigenvalue weighted by molar-refractivity contribution is 0.135. The number of nitrogens with zero attached hydrogens (tertiary/aromatic N) is 4. The first-order valence-electron chi connectivity index (χ1n) is 3.59. The summed E-state index contributed by atoms with van der Waals surface area (Å²) in [6.45, 7) is 1.78. The summed E-state index contributed by atoms with van der Waals surface area (Å²) in [5.74, 6) is 0.294. The Morgan fingerprint density at radius 1 is 1.46 bits per heavy atom. The maximum absolute atomic E-state index is 12.3. The van der Waals surface area contributed by atoms with E-state index in [-0.39, 0.29) is 5.82 Å². The van der Waals surface area contributed by atoms with Gasteiger partial charge in [-0.3, -0.25) is 0 Å². The minimum absolute atomic E-state index is 0.387. The lowest BCUT2D eigenvalue weighted by atomic mass is 10.5. The van der Waals surface area contributed by atoms with Crippen molar-refractivity contribution < 1.29 is 8.78 Å². The van der Waals surface area contributed by atoms with Gasteiger partial charge in [-0.25, -0.2) is 8.78 Å². The summed E-state index contributed by atoms with van der Waals surface area (Å²) in [4.78, 5) is 0. The molecular formula is C6H6F2N4S. The van der Waals surface area contributed by atoms with Crippen molar-refractivity contribution in [1.82, 2.24) is 14.9 Å². The highest BCUT2D eigenvalue weighted by atomic mass is 32.2. The predicted octanol–water partition coefficient (Wildman–Crippen LogP) is 1.55. The average molecular weight is 204 g/mol. The topological polar surface area (TPSA) is 43.1 Å². The molecule has 4 nitrogen and oxygen atoms in total. The molecule has 70 valence electrons. The number of thioether (sulfide) groups is 1. The molecule has 0 unspecified atom stereocenters. The van der Waals surface area contributed by atoms with Gasteiger partial charge in [0.25, 0.3) is 6.43 Å². The molecule has 0 bridgehead atoms. The minimum Gasteiger partial charge on any atom is -0.201 e. The van der Waals surface area contributed by atoms with Crippen molar-refractivity contribution in [3.8, 4) is 0 Å². The highest BCUT2D eigenvalue weighted by molar-refractivity contribution is 7.99. The number of fused-ring (bicyclic) bond motifs is 1. The molecule has 1 aromatic heterocycles. The third kappa shape index (κ3) is 1.43. The van der Waals surface area contributed by atoms with Crippen LogP contribution in [0, 0.1) is 0 Å². The fourth-order valence-electron chi connectivity index (χ4n) is 0.965. The lowest BCUT2D eigenvalue weighted by Gasteiger charge is -2.09. The smallest absolute Gasteiger partial charge is 0.201 e. The molecule has 0 fully saturated rings. The maximum Gasteiger partial charge on any atom is 0.299 e. The Balaban J connectivity index is 2.49. The summed E-state index contributed by atoms with van der Waals surface area (Å²) >= 11 is 1.36. The maximum atomic E-state index is 12.3. The van der Waals surface area contributed by atoms with Crippen molar-refractivity contribution >= 4 is 17.5 Å². The summed E-state index contributed by atoms with van der Waals surface area (Å²) in [6, 6.07) is 0. The number of hydrogen-bond donors (Lipinski definition) is 0. The second-order valence-electron chi connectivity index (χ2n) is 2.58.